The van der Waals surface area contributed by atoms with Crippen molar-refractivity contribution in [3.8, 4) is 11.3 Å². The molecule has 4 aromatic heterocycles. The number of fused-ring (bicyclic) bond motifs is 2. The van der Waals surface area contributed by atoms with Crippen molar-refractivity contribution in [2.45, 2.75) is 37.1 Å². The van der Waals surface area contributed by atoms with Gasteiger partial charge in [0.05, 0.1) is 49.0 Å². The predicted molar refractivity (Wildman–Crippen MR) is 133 cm³/mol. The highest BCUT2D eigenvalue weighted by Gasteiger charge is 2.34. The highest BCUT2D eigenvalue weighted by atomic mass is 16.5. The quantitative estimate of drug-likeness (QED) is 0.405. The molecular weight excluding hydrogens is 462 g/mol. The van der Waals surface area contributed by atoms with Gasteiger partial charge in [0.1, 0.15) is 11.8 Å². The topological polar surface area (TPSA) is 117 Å². The lowest BCUT2D eigenvalue weighted by Gasteiger charge is -2.35. The third-order valence-electron chi connectivity index (χ3n) is 7.33. The first-order valence-electron chi connectivity index (χ1n) is 12.1. The molecule has 0 aromatic carbocycles. The number of hydrogen-bond donors (Lipinski definition) is 2. The van der Waals surface area contributed by atoms with Gasteiger partial charge in [-0.05, 0) is 31.0 Å². The monoisotopic (exact) mass is 491 g/mol. The number of carbonyl (C=O) groups excluding carboxylic acids is 1. The van der Waals surface area contributed by atoms with Crippen LogP contribution in [0, 0.1) is 0 Å². The van der Waals surface area contributed by atoms with Gasteiger partial charge in [-0.2, -0.15) is 5.10 Å². The summed E-state index contributed by atoms with van der Waals surface area (Å²) in [6.45, 7) is 1.08. The summed E-state index contributed by atoms with van der Waals surface area (Å²) in [6, 6.07) is 5.88. The number of carbonyl (C=O) groups is 1. The SMILES string of the molecule is CNc1cc(-c2cn([C@H]3COC[C@@H]3OC)c3ncccc23)nn2c(C(=O)NC3CC[C@@H]3OC)cnc12. The highest BCUT2D eigenvalue weighted by Crippen LogP contribution is 2.35. The number of anilines is 1. The van der Waals surface area contributed by atoms with E-state index in [1.807, 2.05) is 31.4 Å². The molecule has 0 bridgehead atoms. The first-order valence-corrected chi connectivity index (χ1v) is 12.1. The third-order valence-corrected chi connectivity index (χ3v) is 7.33. The molecule has 1 aliphatic carbocycles. The van der Waals surface area contributed by atoms with Crippen LogP contribution < -0.4 is 10.6 Å². The fourth-order valence-electron chi connectivity index (χ4n) is 5.15. The molecule has 1 saturated heterocycles. The lowest BCUT2D eigenvalue weighted by atomic mass is 9.89. The van der Waals surface area contributed by atoms with Crippen LogP contribution in [-0.2, 0) is 14.2 Å². The summed E-state index contributed by atoms with van der Waals surface area (Å²) in [6.07, 6.45) is 7.19. The predicted octanol–water partition coefficient (Wildman–Crippen LogP) is 2.28. The number of hydrogen-bond acceptors (Lipinski definition) is 8. The van der Waals surface area contributed by atoms with Gasteiger partial charge in [0.15, 0.2) is 11.3 Å². The molecule has 11 heteroatoms. The molecule has 1 aliphatic heterocycles. The Bertz CT molecular complexity index is 1430. The summed E-state index contributed by atoms with van der Waals surface area (Å²) >= 11 is 0. The number of nitrogens with one attached hydrogen (secondary N) is 2. The van der Waals surface area contributed by atoms with Gasteiger partial charge in [-0.1, -0.05) is 0 Å². The second-order valence-electron chi connectivity index (χ2n) is 9.21. The van der Waals surface area contributed by atoms with E-state index < -0.39 is 0 Å². The molecule has 1 unspecified atom stereocenters. The van der Waals surface area contributed by atoms with Crippen molar-refractivity contribution in [1.29, 1.82) is 0 Å². The Kier molecular flexibility index (Phi) is 5.82. The van der Waals surface area contributed by atoms with Gasteiger partial charge in [0.2, 0.25) is 0 Å². The molecular formula is C25H29N7O4. The normalized spacial score (nSPS) is 23.8. The van der Waals surface area contributed by atoms with E-state index in [0.29, 0.717) is 30.2 Å². The zero-order valence-electron chi connectivity index (χ0n) is 20.5. The molecule has 1 amide bonds. The molecule has 5 heterocycles. The number of pyridine rings is 1. The van der Waals surface area contributed by atoms with Crippen molar-refractivity contribution in [2.24, 2.45) is 0 Å². The Morgan fingerprint density at radius 3 is 2.75 bits per heavy atom. The molecule has 4 aromatic rings. The molecule has 188 valence electrons. The lowest BCUT2D eigenvalue weighted by Crippen LogP contribution is -2.51. The van der Waals surface area contributed by atoms with Crippen molar-refractivity contribution in [3.63, 3.8) is 0 Å². The van der Waals surface area contributed by atoms with Gasteiger partial charge in [0.25, 0.3) is 5.91 Å². The van der Waals surface area contributed by atoms with Gasteiger partial charge < -0.3 is 29.4 Å². The third kappa shape index (κ3) is 3.62. The van der Waals surface area contributed by atoms with Gasteiger partial charge >= 0.3 is 0 Å². The maximum Gasteiger partial charge on any atom is 0.271 e. The van der Waals surface area contributed by atoms with E-state index in [-0.39, 0.29) is 30.2 Å². The van der Waals surface area contributed by atoms with Crippen LogP contribution in [0.15, 0.2) is 36.8 Å². The van der Waals surface area contributed by atoms with Crippen molar-refractivity contribution in [3.05, 3.63) is 42.5 Å². The zero-order valence-corrected chi connectivity index (χ0v) is 20.5. The van der Waals surface area contributed by atoms with Crippen molar-refractivity contribution in [1.82, 2.24) is 29.5 Å². The Hall–Kier alpha value is -3.54. The first-order chi connectivity index (χ1) is 17.6. The molecule has 2 N–H and O–H groups in total. The minimum absolute atomic E-state index is 0.000516. The summed E-state index contributed by atoms with van der Waals surface area (Å²) < 4.78 is 20.5. The maximum absolute atomic E-state index is 13.2. The summed E-state index contributed by atoms with van der Waals surface area (Å²) in [5.41, 5.74) is 4.14. The number of nitrogens with zero attached hydrogens (tertiary/aromatic N) is 5. The molecule has 0 spiro atoms. The van der Waals surface area contributed by atoms with Gasteiger partial charge in [-0.3, -0.25) is 4.79 Å². The Morgan fingerprint density at radius 1 is 1.14 bits per heavy atom. The van der Waals surface area contributed by atoms with Crippen LogP contribution in [-0.4, -0.2) is 82.8 Å². The van der Waals surface area contributed by atoms with Crippen LogP contribution in [0.5, 0.6) is 0 Å². The average Bonchev–Trinajstić information content (AvgIpc) is 3.62. The summed E-state index contributed by atoms with van der Waals surface area (Å²) in [4.78, 5) is 22.3. The van der Waals surface area contributed by atoms with Crippen LogP contribution in [0.25, 0.3) is 27.9 Å². The number of imidazole rings is 1. The average molecular weight is 492 g/mol. The lowest BCUT2D eigenvalue weighted by molar-refractivity contribution is 0.00718. The van der Waals surface area contributed by atoms with E-state index in [0.717, 1.165) is 35.1 Å². The van der Waals surface area contributed by atoms with Crippen LogP contribution in [0.4, 0.5) is 5.69 Å². The van der Waals surface area contributed by atoms with Crippen molar-refractivity contribution < 1.29 is 19.0 Å². The van der Waals surface area contributed by atoms with Crippen LogP contribution in [0.2, 0.25) is 0 Å². The number of aromatic nitrogens is 5. The van der Waals surface area contributed by atoms with E-state index in [1.54, 1.807) is 31.1 Å². The van der Waals surface area contributed by atoms with E-state index >= 15 is 0 Å². The summed E-state index contributed by atoms with van der Waals surface area (Å²) in [5, 5.41) is 12.1. The summed E-state index contributed by atoms with van der Waals surface area (Å²) in [7, 11) is 5.20. The molecule has 2 fully saturated rings. The fourth-order valence-corrected chi connectivity index (χ4v) is 5.15. The Labute approximate surface area is 207 Å². The van der Waals surface area contributed by atoms with E-state index in [9.17, 15) is 4.79 Å². The Morgan fingerprint density at radius 2 is 2.00 bits per heavy atom. The van der Waals surface area contributed by atoms with Gasteiger partial charge in [-0.25, -0.2) is 14.5 Å². The number of rotatable bonds is 7. The molecule has 2 aliphatic rings. The second kappa shape index (κ2) is 9.16. The molecule has 36 heavy (non-hydrogen) atoms. The largest absolute Gasteiger partial charge is 0.385 e. The number of methoxy groups -OCH3 is 2. The molecule has 1 saturated carbocycles. The fraction of sp³-hybridized carbons (Fsp3) is 0.440. The maximum atomic E-state index is 13.2. The molecule has 11 nitrogen and oxygen atoms in total. The van der Waals surface area contributed by atoms with Crippen LogP contribution in [0.3, 0.4) is 0 Å². The second-order valence-corrected chi connectivity index (χ2v) is 9.21. The van der Waals surface area contributed by atoms with Crippen LogP contribution in [0.1, 0.15) is 29.4 Å². The van der Waals surface area contributed by atoms with Crippen molar-refractivity contribution >= 4 is 28.3 Å². The Balaban J connectivity index is 1.45. The van der Waals surface area contributed by atoms with E-state index in [4.69, 9.17) is 19.3 Å². The van der Waals surface area contributed by atoms with Crippen molar-refractivity contribution in [2.75, 3.05) is 39.8 Å². The van der Waals surface area contributed by atoms with Crippen LogP contribution >= 0.6 is 0 Å². The molecule has 6 rings (SSSR count). The number of amides is 1. The molecule has 4 atom stereocenters. The highest BCUT2D eigenvalue weighted by molar-refractivity contribution is 5.96. The van der Waals surface area contributed by atoms with Gasteiger partial charge in [-0.15, -0.1) is 0 Å². The smallest absolute Gasteiger partial charge is 0.271 e. The zero-order chi connectivity index (χ0) is 24.8. The first kappa shape index (κ1) is 22.9. The molecule has 0 radical (unpaired) electrons. The standard InChI is InChI=1S/C25H29N7O4/c1-26-18-9-17(30-32-19(10-28-24(18)32)25(33)29-16-6-7-21(16)34-2)15-11-31(20-12-36-13-22(20)35-3)23-14(15)5-4-8-27-23/h4-5,8-11,16,20-22,26H,6-7,12-13H2,1-3H3,(H,29,33)/t16?,20-,21-,22-/m0/s1. The van der Waals surface area contributed by atoms with E-state index in [2.05, 4.69) is 25.2 Å². The van der Waals surface area contributed by atoms with Gasteiger partial charge in [0, 0.05) is 44.6 Å². The minimum atomic E-state index is -0.226. The minimum Gasteiger partial charge on any atom is -0.385 e. The number of ether oxygens (including phenoxy) is 3. The summed E-state index contributed by atoms with van der Waals surface area (Å²) in [5.74, 6) is -0.226. The van der Waals surface area contributed by atoms with E-state index in [1.165, 1.54) is 0 Å².